The predicted octanol–water partition coefficient (Wildman–Crippen LogP) is 2.66. The number of hydrogen-bond acceptors (Lipinski definition) is 3. The molecule has 0 unspecified atom stereocenters. The number of rotatable bonds is 3. The molecule has 0 aliphatic rings. The fourth-order valence-electron chi connectivity index (χ4n) is 1.70. The van der Waals surface area contributed by atoms with Gasteiger partial charge in [-0.15, -0.1) is 0 Å². The maximum absolute atomic E-state index is 12.2. The largest absolute Gasteiger partial charge is 0.507 e. The lowest BCUT2D eigenvalue weighted by Gasteiger charge is -2.17. The van der Waals surface area contributed by atoms with E-state index in [1.165, 1.54) is 6.07 Å². The van der Waals surface area contributed by atoms with Crippen molar-refractivity contribution < 1.29 is 9.90 Å². The van der Waals surface area contributed by atoms with Gasteiger partial charge < -0.3 is 10.0 Å². The summed E-state index contributed by atoms with van der Waals surface area (Å²) in [5.74, 6) is -0.00298. The summed E-state index contributed by atoms with van der Waals surface area (Å²) in [6.45, 7) is 0.486. The zero-order valence-electron chi connectivity index (χ0n) is 10.4. The molecule has 0 aliphatic heterocycles. The number of carbonyl (C=O) groups excluding carboxylic acids is 1. The number of nitrogens with zero attached hydrogens (tertiary/aromatic N) is 2. The molecule has 1 aromatic carbocycles. The van der Waals surface area contributed by atoms with Gasteiger partial charge >= 0.3 is 0 Å². The lowest BCUT2D eigenvalue weighted by atomic mass is 10.2. The summed E-state index contributed by atoms with van der Waals surface area (Å²) in [7, 11) is 1.73. The number of aromatic nitrogens is 1. The van der Waals surface area contributed by atoms with Crippen LogP contribution in [-0.4, -0.2) is 27.9 Å². The van der Waals surface area contributed by atoms with Crippen LogP contribution >= 0.6 is 22.6 Å². The van der Waals surface area contributed by atoms with Crippen LogP contribution in [0.3, 0.4) is 0 Å². The van der Waals surface area contributed by atoms with Crippen LogP contribution in [0, 0.1) is 3.57 Å². The first-order valence-corrected chi connectivity index (χ1v) is 6.78. The molecule has 1 N–H and O–H groups in total. The number of pyridine rings is 1. The molecular formula is C14H13IN2O2. The van der Waals surface area contributed by atoms with Crippen molar-refractivity contribution in [3.05, 3.63) is 57.4 Å². The average Bonchev–Trinajstić information content (AvgIpc) is 2.42. The molecule has 0 bridgehead atoms. The minimum Gasteiger partial charge on any atom is -0.507 e. The van der Waals surface area contributed by atoms with Gasteiger partial charge in [-0.25, -0.2) is 0 Å². The first-order valence-electron chi connectivity index (χ1n) is 5.71. The van der Waals surface area contributed by atoms with Gasteiger partial charge in [0, 0.05) is 31.5 Å². The summed E-state index contributed by atoms with van der Waals surface area (Å²) in [4.78, 5) is 17.8. The maximum atomic E-state index is 12.2. The van der Waals surface area contributed by atoms with Crippen LogP contribution in [0.25, 0.3) is 0 Å². The van der Waals surface area contributed by atoms with E-state index in [1.54, 1.807) is 36.5 Å². The van der Waals surface area contributed by atoms with Crippen molar-refractivity contribution in [1.29, 1.82) is 0 Å². The van der Waals surface area contributed by atoms with Crippen molar-refractivity contribution in [3.8, 4) is 5.75 Å². The van der Waals surface area contributed by atoms with Crippen LogP contribution in [0.2, 0.25) is 0 Å². The molecular weight excluding hydrogens is 355 g/mol. The Morgan fingerprint density at radius 2 is 2.21 bits per heavy atom. The second kappa shape index (κ2) is 6.01. The summed E-state index contributed by atoms with van der Waals surface area (Å²) in [6.07, 6.45) is 3.43. The Labute approximate surface area is 125 Å². The molecule has 4 nitrogen and oxygen atoms in total. The topological polar surface area (TPSA) is 53.4 Å². The van der Waals surface area contributed by atoms with E-state index in [4.69, 9.17) is 0 Å². The van der Waals surface area contributed by atoms with Crippen LogP contribution in [0.4, 0.5) is 0 Å². The number of benzene rings is 1. The zero-order chi connectivity index (χ0) is 13.8. The minimum atomic E-state index is -0.129. The highest BCUT2D eigenvalue weighted by molar-refractivity contribution is 14.1. The van der Waals surface area contributed by atoms with Crippen molar-refractivity contribution in [2.24, 2.45) is 0 Å². The molecule has 1 amide bonds. The highest BCUT2D eigenvalue weighted by atomic mass is 127. The summed E-state index contributed by atoms with van der Waals surface area (Å²) >= 11 is 2.02. The Balaban J connectivity index is 2.12. The third-order valence-electron chi connectivity index (χ3n) is 2.68. The van der Waals surface area contributed by atoms with Gasteiger partial charge in [0.25, 0.3) is 5.91 Å². The molecule has 1 aromatic heterocycles. The van der Waals surface area contributed by atoms with Gasteiger partial charge in [0.15, 0.2) is 0 Å². The first-order chi connectivity index (χ1) is 9.08. The van der Waals surface area contributed by atoms with Crippen molar-refractivity contribution in [3.63, 3.8) is 0 Å². The van der Waals surface area contributed by atoms with E-state index in [0.717, 1.165) is 9.13 Å². The molecule has 19 heavy (non-hydrogen) atoms. The smallest absolute Gasteiger partial charge is 0.254 e. The van der Waals surface area contributed by atoms with E-state index in [-0.39, 0.29) is 11.7 Å². The Morgan fingerprint density at radius 1 is 1.42 bits per heavy atom. The lowest BCUT2D eigenvalue weighted by molar-refractivity contribution is 0.0784. The maximum Gasteiger partial charge on any atom is 0.254 e. The second-order valence-corrected chi connectivity index (χ2v) is 5.35. The highest BCUT2D eigenvalue weighted by Gasteiger charge is 2.13. The van der Waals surface area contributed by atoms with Crippen molar-refractivity contribution in [2.75, 3.05) is 7.05 Å². The van der Waals surface area contributed by atoms with Gasteiger partial charge in [-0.1, -0.05) is 6.07 Å². The van der Waals surface area contributed by atoms with E-state index >= 15 is 0 Å². The average molecular weight is 368 g/mol. The standard InChI is InChI=1S/C14H13IN2O2/c1-17(9-10-3-2-6-16-8-10)14(19)11-4-5-12(15)13(18)7-11/h2-8,18H,9H2,1H3. The van der Waals surface area contributed by atoms with Crippen LogP contribution in [-0.2, 0) is 6.54 Å². The number of phenolic OH excluding ortho intramolecular Hbond substituents is 1. The number of carbonyl (C=O) groups is 1. The summed E-state index contributed by atoms with van der Waals surface area (Å²) in [5.41, 5.74) is 1.44. The fourth-order valence-corrected chi connectivity index (χ4v) is 2.04. The summed E-state index contributed by atoms with van der Waals surface area (Å²) in [5, 5.41) is 9.63. The Hall–Kier alpha value is -1.63. The van der Waals surface area contributed by atoms with Crippen LogP contribution in [0.15, 0.2) is 42.7 Å². The van der Waals surface area contributed by atoms with E-state index < -0.39 is 0 Å². The van der Waals surface area contributed by atoms with Gasteiger partial charge in [-0.3, -0.25) is 9.78 Å². The molecule has 0 fully saturated rings. The number of hydrogen-bond donors (Lipinski definition) is 1. The van der Waals surface area contributed by atoms with Gasteiger partial charge in [0.2, 0.25) is 0 Å². The third-order valence-corrected chi connectivity index (χ3v) is 3.59. The van der Waals surface area contributed by atoms with Crippen molar-refractivity contribution >= 4 is 28.5 Å². The van der Waals surface area contributed by atoms with Crippen LogP contribution in [0.5, 0.6) is 5.75 Å². The van der Waals surface area contributed by atoms with Gasteiger partial charge in [0.1, 0.15) is 5.75 Å². The Morgan fingerprint density at radius 3 is 2.84 bits per heavy atom. The molecule has 2 rings (SSSR count). The minimum absolute atomic E-state index is 0.126. The van der Waals surface area contributed by atoms with E-state index in [2.05, 4.69) is 4.98 Å². The quantitative estimate of drug-likeness (QED) is 0.848. The van der Waals surface area contributed by atoms with Crippen LogP contribution in [0.1, 0.15) is 15.9 Å². The molecule has 98 valence electrons. The number of phenols is 1. The summed E-state index contributed by atoms with van der Waals surface area (Å²) < 4.78 is 0.726. The molecule has 0 atom stereocenters. The SMILES string of the molecule is CN(Cc1cccnc1)C(=O)c1ccc(I)c(O)c1. The molecule has 5 heteroatoms. The van der Waals surface area contributed by atoms with Crippen molar-refractivity contribution in [1.82, 2.24) is 9.88 Å². The molecule has 2 aromatic rings. The summed E-state index contributed by atoms with van der Waals surface area (Å²) in [6, 6.07) is 8.68. The number of amides is 1. The zero-order valence-corrected chi connectivity index (χ0v) is 12.5. The number of aromatic hydroxyl groups is 1. The molecule has 0 aliphatic carbocycles. The normalized spacial score (nSPS) is 10.2. The Bertz CT molecular complexity index is 587. The van der Waals surface area contributed by atoms with Gasteiger partial charge in [0.05, 0.1) is 3.57 Å². The molecule has 0 spiro atoms. The van der Waals surface area contributed by atoms with Crippen molar-refractivity contribution in [2.45, 2.75) is 6.54 Å². The lowest BCUT2D eigenvalue weighted by Crippen LogP contribution is -2.26. The van der Waals surface area contributed by atoms with E-state index in [9.17, 15) is 9.90 Å². The highest BCUT2D eigenvalue weighted by Crippen LogP contribution is 2.21. The third kappa shape index (κ3) is 3.44. The number of halogens is 1. The van der Waals surface area contributed by atoms with Gasteiger partial charge in [-0.05, 0) is 52.4 Å². The Kier molecular flexibility index (Phi) is 4.36. The fraction of sp³-hybridized carbons (Fsp3) is 0.143. The van der Waals surface area contributed by atoms with E-state index in [0.29, 0.717) is 12.1 Å². The molecule has 0 saturated carbocycles. The van der Waals surface area contributed by atoms with E-state index in [1.807, 2.05) is 34.7 Å². The predicted molar refractivity (Wildman–Crippen MR) is 80.9 cm³/mol. The molecule has 0 radical (unpaired) electrons. The molecule has 1 heterocycles. The monoisotopic (exact) mass is 368 g/mol. The second-order valence-electron chi connectivity index (χ2n) is 4.19. The first kappa shape index (κ1) is 13.8. The molecule has 0 saturated heterocycles. The van der Waals surface area contributed by atoms with Crippen LogP contribution < -0.4 is 0 Å². The van der Waals surface area contributed by atoms with Gasteiger partial charge in [-0.2, -0.15) is 0 Å².